The number of halogens is 1. The summed E-state index contributed by atoms with van der Waals surface area (Å²) in [7, 11) is 0. The smallest absolute Gasteiger partial charge is 0.341 e. The molecular weight excluding hydrogens is 380 g/mol. The number of carboxylic acid groups (broad SMARTS) is 1. The summed E-state index contributed by atoms with van der Waals surface area (Å²) >= 11 is 6.03. The lowest BCUT2D eigenvalue weighted by atomic mass is 10.0. The molecule has 1 unspecified atom stereocenters. The summed E-state index contributed by atoms with van der Waals surface area (Å²) in [5.41, 5.74) is 1.15. The van der Waals surface area contributed by atoms with Crippen molar-refractivity contribution in [3.05, 3.63) is 74.7 Å². The summed E-state index contributed by atoms with van der Waals surface area (Å²) in [6.07, 6.45) is 1.76. The molecule has 0 bridgehead atoms. The minimum absolute atomic E-state index is 0.0310. The first-order chi connectivity index (χ1) is 13.3. The van der Waals surface area contributed by atoms with Gasteiger partial charge < -0.3 is 14.8 Å². The molecule has 0 fully saturated rings. The molecule has 0 amide bonds. The number of aromatic nitrogens is 2. The highest BCUT2D eigenvalue weighted by Gasteiger charge is 2.22. The second-order valence-electron chi connectivity index (χ2n) is 7.06. The predicted molar refractivity (Wildman–Crippen MR) is 108 cm³/mol. The highest BCUT2D eigenvalue weighted by Crippen LogP contribution is 2.23. The molecule has 0 aliphatic heterocycles. The van der Waals surface area contributed by atoms with Crippen molar-refractivity contribution in [2.45, 2.75) is 26.3 Å². The number of aliphatic hydroxyl groups excluding tert-OH is 1. The van der Waals surface area contributed by atoms with E-state index in [2.05, 4.69) is 4.98 Å². The number of aromatic carboxylic acids is 1. The van der Waals surface area contributed by atoms with Crippen molar-refractivity contribution in [1.82, 2.24) is 9.55 Å². The van der Waals surface area contributed by atoms with Crippen LogP contribution in [0.25, 0.3) is 11.0 Å². The average molecular weight is 401 g/mol. The zero-order valence-electron chi connectivity index (χ0n) is 15.6. The molecule has 0 aliphatic carbocycles. The predicted octanol–water partition coefficient (Wildman–Crippen LogP) is 3.53. The van der Waals surface area contributed by atoms with Crippen molar-refractivity contribution >= 4 is 28.6 Å². The lowest BCUT2D eigenvalue weighted by Crippen LogP contribution is -2.26. The molecule has 28 heavy (non-hydrogen) atoms. The largest absolute Gasteiger partial charge is 0.477 e. The molecule has 0 radical (unpaired) electrons. The van der Waals surface area contributed by atoms with E-state index in [0.29, 0.717) is 22.7 Å². The Labute approximate surface area is 167 Å². The number of fused-ring (bicyclic) bond motifs is 1. The summed E-state index contributed by atoms with van der Waals surface area (Å²) in [4.78, 5) is 28.8. The van der Waals surface area contributed by atoms with Crippen LogP contribution in [0.2, 0.25) is 5.02 Å². The molecule has 0 spiro atoms. The lowest BCUT2D eigenvalue weighted by molar-refractivity contribution is 0.0694. The molecule has 6 nitrogen and oxygen atoms in total. The molecule has 2 heterocycles. The number of hydrogen-bond donors (Lipinski definition) is 2. The molecule has 2 N–H and O–H groups in total. The van der Waals surface area contributed by atoms with E-state index in [0.717, 1.165) is 5.56 Å². The van der Waals surface area contributed by atoms with Crippen molar-refractivity contribution < 1.29 is 15.0 Å². The van der Waals surface area contributed by atoms with Crippen LogP contribution in [0, 0.1) is 5.92 Å². The number of aliphatic hydroxyl groups is 1. The van der Waals surface area contributed by atoms with Gasteiger partial charge in [0, 0.05) is 23.3 Å². The maximum atomic E-state index is 12.7. The molecule has 1 aromatic carbocycles. The number of nitrogens with zero attached hydrogens (tertiary/aromatic N) is 2. The third-order valence-corrected chi connectivity index (χ3v) is 4.99. The molecule has 3 aromatic rings. The molecule has 146 valence electrons. The van der Waals surface area contributed by atoms with Crippen LogP contribution in [-0.2, 0) is 6.42 Å². The topological polar surface area (TPSA) is 92.4 Å². The number of pyridine rings is 2. The van der Waals surface area contributed by atoms with E-state index in [1.165, 1.54) is 6.20 Å². The van der Waals surface area contributed by atoms with Gasteiger partial charge in [-0.15, -0.1) is 0 Å². The number of carbonyl (C=O) groups is 1. The third-order valence-electron chi connectivity index (χ3n) is 4.76. The Morgan fingerprint density at radius 3 is 2.61 bits per heavy atom. The fourth-order valence-corrected chi connectivity index (χ4v) is 3.48. The first-order valence-electron chi connectivity index (χ1n) is 8.95. The van der Waals surface area contributed by atoms with Gasteiger partial charge in [-0.05, 0) is 35.7 Å². The molecule has 1 atom stereocenters. The third kappa shape index (κ3) is 3.93. The maximum Gasteiger partial charge on any atom is 0.341 e. The normalized spacial score (nSPS) is 12.5. The zero-order chi connectivity index (χ0) is 20.4. The van der Waals surface area contributed by atoms with E-state index in [1.807, 2.05) is 32.0 Å². The van der Waals surface area contributed by atoms with Crippen LogP contribution < -0.4 is 5.43 Å². The summed E-state index contributed by atoms with van der Waals surface area (Å²) < 4.78 is 1.64. The van der Waals surface area contributed by atoms with E-state index in [9.17, 15) is 19.8 Å². The summed E-state index contributed by atoms with van der Waals surface area (Å²) in [5, 5.41) is 19.9. The molecule has 2 aromatic heterocycles. The average Bonchev–Trinajstić information content (AvgIpc) is 2.63. The Bertz CT molecular complexity index is 1090. The highest BCUT2D eigenvalue weighted by molar-refractivity contribution is 6.30. The van der Waals surface area contributed by atoms with Crippen molar-refractivity contribution in [2.24, 2.45) is 5.92 Å². The standard InChI is InChI=1S/C21H21ClN2O4/c1-12(2)18(11-25)24-10-16(21(27)28)20(26)19-17(24)7-6-15(23-19)9-13-4-3-5-14(22)8-13/h3-8,10,12,18,25H,9,11H2,1-2H3,(H,27,28). The monoisotopic (exact) mass is 400 g/mol. The van der Waals surface area contributed by atoms with E-state index in [-0.39, 0.29) is 29.6 Å². The van der Waals surface area contributed by atoms with Crippen molar-refractivity contribution in [3.8, 4) is 0 Å². The van der Waals surface area contributed by atoms with Crippen LogP contribution in [0.1, 0.15) is 41.5 Å². The number of hydrogen-bond acceptors (Lipinski definition) is 4. The molecule has 7 heteroatoms. The van der Waals surface area contributed by atoms with Gasteiger partial charge in [-0.2, -0.15) is 0 Å². The van der Waals surface area contributed by atoms with Gasteiger partial charge in [0.25, 0.3) is 0 Å². The fraction of sp³-hybridized carbons (Fsp3) is 0.286. The maximum absolute atomic E-state index is 12.7. The first kappa shape index (κ1) is 20.0. The zero-order valence-corrected chi connectivity index (χ0v) is 16.3. The van der Waals surface area contributed by atoms with Gasteiger partial charge in [0.1, 0.15) is 11.1 Å². The molecular formula is C21H21ClN2O4. The van der Waals surface area contributed by atoms with Crippen molar-refractivity contribution in [1.29, 1.82) is 0 Å². The second kappa shape index (κ2) is 8.12. The van der Waals surface area contributed by atoms with Crippen LogP contribution in [0.5, 0.6) is 0 Å². The first-order valence-corrected chi connectivity index (χ1v) is 9.33. The van der Waals surface area contributed by atoms with E-state index in [1.54, 1.807) is 22.8 Å². The SMILES string of the molecule is CC(C)C(CO)n1cc(C(=O)O)c(=O)c2nc(Cc3cccc(Cl)c3)ccc21. The quantitative estimate of drug-likeness (QED) is 0.660. The second-order valence-corrected chi connectivity index (χ2v) is 7.49. The van der Waals surface area contributed by atoms with Gasteiger partial charge >= 0.3 is 5.97 Å². The van der Waals surface area contributed by atoms with Gasteiger partial charge in [-0.3, -0.25) is 4.79 Å². The lowest BCUT2D eigenvalue weighted by Gasteiger charge is -2.24. The summed E-state index contributed by atoms with van der Waals surface area (Å²) in [5.74, 6) is -1.29. The minimum Gasteiger partial charge on any atom is -0.477 e. The minimum atomic E-state index is -1.32. The number of rotatable bonds is 6. The van der Waals surface area contributed by atoms with Gasteiger partial charge in [0.15, 0.2) is 0 Å². The van der Waals surface area contributed by atoms with Crippen LogP contribution >= 0.6 is 11.6 Å². The van der Waals surface area contributed by atoms with Crippen LogP contribution in [-0.4, -0.2) is 32.3 Å². The molecule has 0 aliphatic rings. The summed E-state index contributed by atoms with van der Waals surface area (Å²) in [6.45, 7) is 3.66. The Balaban J connectivity index is 2.19. The van der Waals surface area contributed by atoms with Gasteiger partial charge in [-0.1, -0.05) is 37.6 Å². The molecule has 0 saturated carbocycles. The number of benzene rings is 1. The van der Waals surface area contributed by atoms with Gasteiger partial charge in [0.05, 0.1) is 18.2 Å². The van der Waals surface area contributed by atoms with Crippen molar-refractivity contribution in [2.75, 3.05) is 6.61 Å². The Hall–Kier alpha value is -2.70. The summed E-state index contributed by atoms with van der Waals surface area (Å²) in [6, 6.07) is 10.5. The van der Waals surface area contributed by atoms with E-state index in [4.69, 9.17) is 11.6 Å². The van der Waals surface area contributed by atoms with Gasteiger partial charge in [0.2, 0.25) is 5.43 Å². The van der Waals surface area contributed by atoms with Crippen LogP contribution in [0.15, 0.2) is 47.4 Å². The van der Waals surface area contributed by atoms with E-state index < -0.39 is 11.4 Å². The van der Waals surface area contributed by atoms with Crippen LogP contribution in [0.4, 0.5) is 0 Å². The highest BCUT2D eigenvalue weighted by atomic mass is 35.5. The van der Waals surface area contributed by atoms with Crippen molar-refractivity contribution in [3.63, 3.8) is 0 Å². The number of carboxylic acids is 1. The van der Waals surface area contributed by atoms with Crippen LogP contribution in [0.3, 0.4) is 0 Å². The fourth-order valence-electron chi connectivity index (χ4n) is 3.26. The molecule has 3 rings (SSSR count). The molecule has 0 saturated heterocycles. The Morgan fingerprint density at radius 2 is 2.00 bits per heavy atom. The van der Waals surface area contributed by atoms with E-state index >= 15 is 0 Å². The van der Waals surface area contributed by atoms with Gasteiger partial charge in [-0.25, -0.2) is 9.78 Å². The Morgan fingerprint density at radius 1 is 1.25 bits per heavy atom. The Kier molecular flexibility index (Phi) is 5.82.